The summed E-state index contributed by atoms with van der Waals surface area (Å²) < 4.78 is 11.2. The molecule has 2 aromatic heterocycles. The van der Waals surface area contributed by atoms with Crippen molar-refractivity contribution < 1.29 is 8.83 Å². The van der Waals surface area contributed by atoms with Crippen molar-refractivity contribution in [1.29, 1.82) is 0 Å². The smallest absolute Gasteiger partial charge is 0.134 e. The van der Waals surface area contributed by atoms with E-state index in [0.717, 1.165) is 34.5 Å². The summed E-state index contributed by atoms with van der Waals surface area (Å²) in [4.78, 5) is 0. The van der Waals surface area contributed by atoms with Crippen molar-refractivity contribution in [3.63, 3.8) is 0 Å². The Morgan fingerprint density at radius 2 is 2.06 bits per heavy atom. The van der Waals surface area contributed by atoms with E-state index in [-0.39, 0.29) is 6.04 Å². The van der Waals surface area contributed by atoms with Crippen LogP contribution in [0, 0.1) is 0 Å². The van der Waals surface area contributed by atoms with Gasteiger partial charge in [-0.3, -0.25) is 0 Å². The van der Waals surface area contributed by atoms with Crippen molar-refractivity contribution in [1.82, 2.24) is 0 Å². The van der Waals surface area contributed by atoms with Gasteiger partial charge in [0.1, 0.15) is 17.1 Å². The van der Waals surface area contributed by atoms with Crippen LogP contribution in [0.25, 0.3) is 11.0 Å². The molecule has 0 fully saturated rings. The number of furan rings is 2. The Balaban J connectivity index is 2.03. The second-order valence-electron chi connectivity index (χ2n) is 4.32. The monoisotopic (exact) mass is 241 g/mol. The van der Waals surface area contributed by atoms with E-state index in [1.54, 1.807) is 6.26 Å². The van der Waals surface area contributed by atoms with Gasteiger partial charge in [0.2, 0.25) is 0 Å². The lowest BCUT2D eigenvalue weighted by Crippen LogP contribution is -2.11. The maximum Gasteiger partial charge on any atom is 0.134 e. The molecule has 2 N–H and O–H groups in total. The van der Waals surface area contributed by atoms with E-state index in [1.807, 2.05) is 43.3 Å². The number of nitrogens with two attached hydrogens (primary N) is 1. The third kappa shape index (κ3) is 1.73. The highest BCUT2D eigenvalue weighted by Gasteiger charge is 2.18. The van der Waals surface area contributed by atoms with Crippen molar-refractivity contribution in [2.24, 2.45) is 5.73 Å². The fourth-order valence-electron chi connectivity index (χ4n) is 2.22. The first-order chi connectivity index (χ1) is 8.79. The topological polar surface area (TPSA) is 52.3 Å². The number of aryl methyl sites for hydroxylation is 1. The molecular formula is C15H15NO2. The molecular weight excluding hydrogens is 226 g/mol. The Morgan fingerprint density at radius 3 is 2.83 bits per heavy atom. The third-order valence-electron chi connectivity index (χ3n) is 3.19. The van der Waals surface area contributed by atoms with Gasteiger partial charge in [0.05, 0.1) is 12.3 Å². The van der Waals surface area contributed by atoms with Crippen LogP contribution in [0.15, 0.2) is 51.5 Å². The van der Waals surface area contributed by atoms with Crippen LogP contribution in [0.4, 0.5) is 0 Å². The first-order valence-corrected chi connectivity index (χ1v) is 6.10. The summed E-state index contributed by atoms with van der Waals surface area (Å²) in [5.41, 5.74) is 8.11. The van der Waals surface area contributed by atoms with Gasteiger partial charge in [0, 0.05) is 17.4 Å². The zero-order chi connectivity index (χ0) is 12.5. The van der Waals surface area contributed by atoms with Crippen LogP contribution >= 0.6 is 0 Å². The maximum atomic E-state index is 6.25. The van der Waals surface area contributed by atoms with E-state index < -0.39 is 0 Å². The quantitative estimate of drug-likeness (QED) is 0.761. The van der Waals surface area contributed by atoms with Crippen molar-refractivity contribution in [2.45, 2.75) is 19.4 Å². The third-order valence-corrected chi connectivity index (χ3v) is 3.19. The predicted molar refractivity (Wildman–Crippen MR) is 70.3 cm³/mol. The summed E-state index contributed by atoms with van der Waals surface area (Å²) in [6.07, 6.45) is 2.51. The molecule has 1 atom stereocenters. The lowest BCUT2D eigenvalue weighted by molar-refractivity contribution is 0.493. The van der Waals surface area contributed by atoms with E-state index >= 15 is 0 Å². The number of hydrogen-bond acceptors (Lipinski definition) is 3. The Hall–Kier alpha value is -2.00. The summed E-state index contributed by atoms with van der Waals surface area (Å²) in [5.74, 6) is 1.69. The molecule has 2 heterocycles. The Bertz CT molecular complexity index is 633. The highest BCUT2D eigenvalue weighted by atomic mass is 16.3. The van der Waals surface area contributed by atoms with Crippen molar-refractivity contribution in [3.8, 4) is 0 Å². The van der Waals surface area contributed by atoms with Crippen LogP contribution in [0.5, 0.6) is 0 Å². The van der Waals surface area contributed by atoms with E-state index in [1.165, 1.54) is 0 Å². The maximum absolute atomic E-state index is 6.25. The fraction of sp³-hybridized carbons (Fsp3) is 0.200. The largest absolute Gasteiger partial charge is 0.469 e. The normalized spacial score (nSPS) is 13.0. The van der Waals surface area contributed by atoms with E-state index in [0.29, 0.717) is 0 Å². The molecule has 3 aromatic rings. The minimum absolute atomic E-state index is 0.272. The van der Waals surface area contributed by atoms with Gasteiger partial charge >= 0.3 is 0 Å². The number of benzene rings is 1. The minimum Gasteiger partial charge on any atom is -0.469 e. The van der Waals surface area contributed by atoms with Gasteiger partial charge in [-0.05, 0) is 18.2 Å². The van der Waals surface area contributed by atoms with Gasteiger partial charge in [-0.1, -0.05) is 25.1 Å². The molecule has 0 amide bonds. The van der Waals surface area contributed by atoms with Gasteiger partial charge in [-0.25, -0.2) is 0 Å². The van der Waals surface area contributed by atoms with Crippen molar-refractivity contribution in [3.05, 3.63) is 59.7 Å². The predicted octanol–water partition coefficient (Wildman–Crippen LogP) is 3.64. The minimum atomic E-state index is -0.272. The molecule has 3 nitrogen and oxygen atoms in total. The average molecular weight is 241 g/mol. The molecule has 0 aliphatic heterocycles. The van der Waals surface area contributed by atoms with Gasteiger partial charge in [0.15, 0.2) is 0 Å². The first-order valence-electron chi connectivity index (χ1n) is 6.10. The summed E-state index contributed by atoms with van der Waals surface area (Å²) >= 11 is 0. The van der Waals surface area contributed by atoms with E-state index in [4.69, 9.17) is 14.6 Å². The average Bonchev–Trinajstić information content (AvgIpc) is 3.03. The Morgan fingerprint density at radius 1 is 1.22 bits per heavy atom. The standard InChI is InChI=1S/C15H15NO2/c1-2-12-11(7-8-17-12)15(16)14-9-10-5-3-4-6-13(10)18-14/h3-9,15H,2,16H2,1H3. The van der Waals surface area contributed by atoms with Crippen LogP contribution in [-0.2, 0) is 6.42 Å². The molecule has 1 unspecified atom stereocenters. The highest BCUT2D eigenvalue weighted by molar-refractivity contribution is 5.77. The van der Waals surface area contributed by atoms with Gasteiger partial charge < -0.3 is 14.6 Å². The first kappa shape index (κ1) is 11.1. The molecule has 0 saturated carbocycles. The van der Waals surface area contributed by atoms with Gasteiger partial charge in [-0.2, -0.15) is 0 Å². The lowest BCUT2D eigenvalue weighted by atomic mass is 10.0. The zero-order valence-electron chi connectivity index (χ0n) is 10.2. The molecule has 0 aliphatic carbocycles. The summed E-state index contributed by atoms with van der Waals surface area (Å²) in [6, 6.07) is 11.5. The molecule has 0 bridgehead atoms. The number of hydrogen-bond donors (Lipinski definition) is 1. The second kappa shape index (κ2) is 4.35. The molecule has 0 aliphatic rings. The lowest BCUT2D eigenvalue weighted by Gasteiger charge is -2.07. The van der Waals surface area contributed by atoms with Crippen LogP contribution < -0.4 is 5.73 Å². The molecule has 0 saturated heterocycles. The Labute approximate surface area is 105 Å². The summed E-state index contributed by atoms with van der Waals surface area (Å²) in [5, 5.41) is 1.07. The van der Waals surface area contributed by atoms with Crippen LogP contribution in [0.3, 0.4) is 0 Å². The van der Waals surface area contributed by atoms with Crippen molar-refractivity contribution >= 4 is 11.0 Å². The number of rotatable bonds is 3. The molecule has 0 radical (unpaired) electrons. The fourth-order valence-corrected chi connectivity index (χ4v) is 2.22. The highest BCUT2D eigenvalue weighted by Crippen LogP contribution is 2.28. The SMILES string of the molecule is CCc1occc1C(N)c1cc2ccccc2o1. The number of para-hydroxylation sites is 1. The van der Waals surface area contributed by atoms with E-state index in [2.05, 4.69) is 0 Å². The van der Waals surface area contributed by atoms with Crippen LogP contribution in [0.1, 0.15) is 30.0 Å². The summed E-state index contributed by atoms with van der Waals surface area (Å²) in [6.45, 7) is 2.05. The van der Waals surface area contributed by atoms with Crippen LogP contribution in [-0.4, -0.2) is 0 Å². The van der Waals surface area contributed by atoms with E-state index in [9.17, 15) is 0 Å². The molecule has 18 heavy (non-hydrogen) atoms. The molecule has 92 valence electrons. The second-order valence-corrected chi connectivity index (χ2v) is 4.32. The van der Waals surface area contributed by atoms with Gasteiger partial charge in [0.25, 0.3) is 0 Å². The molecule has 3 heteroatoms. The molecule has 0 spiro atoms. The Kier molecular flexibility index (Phi) is 2.68. The zero-order valence-corrected chi connectivity index (χ0v) is 10.2. The van der Waals surface area contributed by atoms with Crippen LogP contribution in [0.2, 0.25) is 0 Å². The molecule has 1 aromatic carbocycles. The van der Waals surface area contributed by atoms with Crippen molar-refractivity contribution in [2.75, 3.05) is 0 Å². The molecule has 3 rings (SSSR count). The summed E-state index contributed by atoms with van der Waals surface area (Å²) in [7, 11) is 0. The number of fused-ring (bicyclic) bond motifs is 1. The van der Waals surface area contributed by atoms with Gasteiger partial charge in [-0.15, -0.1) is 0 Å².